The molecule has 1 aromatic heterocycles. The molecule has 0 bridgehead atoms. The van der Waals surface area contributed by atoms with E-state index < -0.39 is 35.6 Å². The summed E-state index contributed by atoms with van der Waals surface area (Å²) < 4.78 is 11.7. The van der Waals surface area contributed by atoms with Gasteiger partial charge in [-0.15, -0.1) is 11.3 Å². The van der Waals surface area contributed by atoms with Crippen LogP contribution in [0.3, 0.4) is 0 Å². The van der Waals surface area contributed by atoms with Gasteiger partial charge >= 0.3 is 5.97 Å². The van der Waals surface area contributed by atoms with Crippen LogP contribution in [0.4, 0.5) is 0 Å². The van der Waals surface area contributed by atoms with Gasteiger partial charge in [-0.05, 0) is 43.4 Å². The zero-order chi connectivity index (χ0) is 25.9. The SMILES string of the molecule is C=Cc1nc(C=C(C)C2CC3OC3CCCC(C)C(O)C(C)C(=O)C(C)(C)C(O)CC(=O)O2)cs1. The molecular weight excluding hydrogens is 466 g/mol. The number of rotatable bonds is 3. The Hall–Kier alpha value is -1.87. The zero-order valence-electron chi connectivity index (χ0n) is 21.4. The fourth-order valence-electron chi connectivity index (χ4n) is 4.80. The lowest BCUT2D eigenvalue weighted by Gasteiger charge is -2.34. The van der Waals surface area contributed by atoms with Crippen molar-refractivity contribution in [2.24, 2.45) is 17.3 Å². The number of ether oxygens (including phenoxy) is 2. The molecule has 0 radical (unpaired) electrons. The van der Waals surface area contributed by atoms with Gasteiger partial charge in [-0.3, -0.25) is 9.59 Å². The third-order valence-corrected chi connectivity index (χ3v) is 8.35. The number of aliphatic hydroxyl groups is 2. The van der Waals surface area contributed by atoms with Crippen molar-refractivity contribution < 1.29 is 29.3 Å². The largest absolute Gasteiger partial charge is 0.458 e. The highest BCUT2D eigenvalue weighted by atomic mass is 32.1. The number of cyclic esters (lactones) is 1. The van der Waals surface area contributed by atoms with Gasteiger partial charge in [-0.25, -0.2) is 4.98 Å². The smallest absolute Gasteiger partial charge is 0.309 e. The molecule has 7 nitrogen and oxygen atoms in total. The summed E-state index contributed by atoms with van der Waals surface area (Å²) in [6.45, 7) is 12.5. The lowest BCUT2D eigenvalue weighted by molar-refractivity contribution is -0.154. The molecule has 2 saturated heterocycles. The molecule has 1 aromatic rings. The fraction of sp³-hybridized carbons (Fsp3) is 0.667. The van der Waals surface area contributed by atoms with Crippen molar-refractivity contribution in [3.8, 4) is 0 Å². The maximum atomic E-state index is 13.2. The molecule has 194 valence electrons. The van der Waals surface area contributed by atoms with E-state index in [1.807, 2.05) is 25.3 Å². The second-order valence-corrected chi connectivity index (χ2v) is 11.5. The number of Topliss-reactive ketones (excluding diaryl/α,β-unsaturated/α-hetero) is 1. The number of aliphatic hydroxyl groups excluding tert-OH is 2. The van der Waals surface area contributed by atoms with E-state index in [2.05, 4.69) is 11.6 Å². The lowest BCUT2D eigenvalue weighted by atomic mass is 9.73. The van der Waals surface area contributed by atoms with Gasteiger partial charge in [0.15, 0.2) is 0 Å². The summed E-state index contributed by atoms with van der Waals surface area (Å²) in [6, 6.07) is 0. The number of aromatic nitrogens is 1. The van der Waals surface area contributed by atoms with Crippen molar-refractivity contribution in [3.05, 3.63) is 28.2 Å². The molecule has 8 heteroatoms. The summed E-state index contributed by atoms with van der Waals surface area (Å²) in [4.78, 5) is 30.5. The lowest BCUT2D eigenvalue weighted by Crippen LogP contribution is -2.45. The Bertz CT molecular complexity index is 953. The molecule has 0 aromatic carbocycles. The molecule has 3 rings (SSSR count). The van der Waals surface area contributed by atoms with Crippen LogP contribution in [0.2, 0.25) is 0 Å². The van der Waals surface area contributed by atoms with Gasteiger partial charge in [0.1, 0.15) is 16.9 Å². The van der Waals surface area contributed by atoms with E-state index in [9.17, 15) is 19.8 Å². The molecule has 2 N–H and O–H groups in total. The predicted octanol–water partition coefficient (Wildman–Crippen LogP) is 4.42. The maximum Gasteiger partial charge on any atom is 0.309 e. The molecule has 35 heavy (non-hydrogen) atoms. The van der Waals surface area contributed by atoms with E-state index in [1.54, 1.807) is 26.8 Å². The number of thiazole rings is 1. The maximum absolute atomic E-state index is 13.2. The number of hydrogen-bond donors (Lipinski definition) is 2. The van der Waals surface area contributed by atoms with Crippen molar-refractivity contribution >= 4 is 35.2 Å². The van der Waals surface area contributed by atoms with E-state index in [4.69, 9.17) is 9.47 Å². The third-order valence-electron chi connectivity index (χ3n) is 7.49. The molecule has 2 fully saturated rings. The molecule has 0 saturated carbocycles. The van der Waals surface area contributed by atoms with E-state index in [1.165, 1.54) is 11.3 Å². The van der Waals surface area contributed by atoms with Crippen LogP contribution < -0.4 is 0 Å². The number of epoxide rings is 1. The van der Waals surface area contributed by atoms with Crippen molar-refractivity contribution in [1.29, 1.82) is 0 Å². The van der Waals surface area contributed by atoms with Crippen LogP contribution in [-0.2, 0) is 19.1 Å². The fourth-order valence-corrected chi connectivity index (χ4v) is 5.41. The van der Waals surface area contributed by atoms with E-state index >= 15 is 0 Å². The highest BCUT2D eigenvalue weighted by Crippen LogP contribution is 2.36. The molecule has 3 heterocycles. The molecule has 7 unspecified atom stereocenters. The standard InChI is InChI=1S/C27H39NO6S/c1-7-23-28-18(14-35-23)11-16(3)20-12-21-19(33-21)10-8-9-15(2)25(31)17(4)26(32)27(5,6)22(29)13-24(30)34-20/h7,11,14-15,17,19-22,25,29,31H,1,8-10,12-13H2,2-6H3. The van der Waals surface area contributed by atoms with Crippen LogP contribution in [0, 0.1) is 17.3 Å². The Morgan fingerprint density at radius 1 is 1.23 bits per heavy atom. The Morgan fingerprint density at radius 2 is 1.94 bits per heavy atom. The van der Waals surface area contributed by atoms with Crippen LogP contribution in [-0.4, -0.2) is 57.5 Å². The second-order valence-electron chi connectivity index (χ2n) is 10.6. The first-order valence-electron chi connectivity index (χ1n) is 12.5. The summed E-state index contributed by atoms with van der Waals surface area (Å²) in [5, 5.41) is 24.3. The molecule has 0 amide bonds. The number of fused-ring (bicyclic) bond motifs is 1. The van der Waals surface area contributed by atoms with Gasteiger partial charge in [-0.1, -0.05) is 40.7 Å². The quantitative estimate of drug-likeness (QED) is 0.462. The molecule has 0 aliphatic carbocycles. The monoisotopic (exact) mass is 505 g/mol. The van der Waals surface area contributed by atoms with Crippen LogP contribution in [0.5, 0.6) is 0 Å². The second kappa shape index (κ2) is 11.5. The number of nitrogens with zero attached hydrogens (tertiary/aromatic N) is 1. The van der Waals surface area contributed by atoms with Gasteiger partial charge in [0.05, 0.1) is 41.9 Å². The summed E-state index contributed by atoms with van der Waals surface area (Å²) in [5.74, 6) is -1.55. The Morgan fingerprint density at radius 3 is 2.60 bits per heavy atom. The third kappa shape index (κ3) is 6.88. The van der Waals surface area contributed by atoms with Gasteiger partial charge in [0.2, 0.25) is 0 Å². The molecular formula is C27H39NO6S. The number of carbonyl (C=O) groups excluding carboxylic acids is 2. The van der Waals surface area contributed by atoms with Crippen LogP contribution >= 0.6 is 11.3 Å². The van der Waals surface area contributed by atoms with Crippen molar-refractivity contribution in [3.63, 3.8) is 0 Å². The molecule has 0 spiro atoms. The zero-order valence-corrected chi connectivity index (χ0v) is 22.2. The number of carbonyl (C=O) groups is 2. The summed E-state index contributed by atoms with van der Waals surface area (Å²) in [7, 11) is 0. The van der Waals surface area contributed by atoms with E-state index in [0.717, 1.165) is 35.5 Å². The predicted molar refractivity (Wildman–Crippen MR) is 137 cm³/mol. The van der Waals surface area contributed by atoms with Crippen molar-refractivity contribution in [2.75, 3.05) is 0 Å². The van der Waals surface area contributed by atoms with Gasteiger partial charge in [-0.2, -0.15) is 0 Å². The number of hydrogen-bond acceptors (Lipinski definition) is 8. The normalized spacial score (nSPS) is 35.2. The van der Waals surface area contributed by atoms with Gasteiger partial charge in [0.25, 0.3) is 0 Å². The topological polar surface area (TPSA) is 109 Å². The summed E-state index contributed by atoms with van der Waals surface area (Å²) in [5.41, 5.74) is 0.403. The van der Waals surface area contributed by atoms with Gasteiger partial charge < -0.3 is 19.7 Å². The first-order valence-corrected chi connectivity index (χ1v) is 13.3. The van der Waals surface area contributed by atoms with E-state index in [-0.39, 0.29) is 30.3 Å². The first-order chi connectivity index (χ1) is 16.4. The van der Waals surface area contributed by atoms with Crippen LogP contribution in [0.25, 0.3) is 12.2 Å². The molecule has 7 atom stereocenters. The number of esters is 1. The molecule has 2 aliphatic heterocycles. The summed E-state index contributed by atoms with van der Waals surface area (Å²) in [6.07, 6.45) is 3.81. The van der Waals surface area contributed by atoms with Crippen molar-refractivity contribution in [1.82, 2.24) is 4.98 Å². The Kier molecular flexibility index (Phi) is 9.07. The van der Waals surface area contributed by atoms with Crippen LogP contribution in [0.15, 0.2) is 17.5 Å². The molecule has 2 aliphatic rings. The first kappa shape index (κ1) is 27.7. The summed E-state index contributed by atoms with van der Waals surface area (Å²) >= 11 is 1.49. The average Bonchev–Trinajstić information content (AvgIpc) is 3.38. The van der Waals surface area contributed by atoms with Crippen molar-refractivity contribution in [2.45, 2.75) is 97.2 Å². The number of ketones is 1. The minimum absolute atomic E-state index is 0.00896. The van der Waals surface area contributed by atoms with Crippen LogP contribution in [0.1, 0.15) is 77.4 Å². The minimum Gasteiger partial charge on any atom is -0.458 e. The highest BCUT2D eigenvalue weighted by Gasteiger charge is 2.44. The average molecular weight is 506 g/mol. The van der Waals surface area contributed by atoms with Gasteiger partial charge in [0, 0.05) is 17.7 Å². The highest BCUT2D eigenvalue weighted by molar-refractivity contribution is 7.10. The van der Waals surface area contributed by atoms with E-state index in [0.29, 0.717) is 6.42 Å². The minimum atomic E-state index is -1.23. The Balaban J connectivity index is 1.82. The Labute approximate surface area is 212 Å².